The van der Waals surface area contributed by atoms with Crippen LogP contribution >= 0.6 is 0 Å². The molecule has 3 N–H and O–H groups in total. The lowest BCUT2D eigenvalue weighted by Gasteiger charge is -2.36. The Morgan fingerprint density at radius 2 is 1.48 bits per heavy atom. The number of unbranched alkanes of at least 4 members (excludes halogenated alkanes) is 9. The Morgan fingerprint density at radius 1 is 0.913 bits per heavy atom. The van der Waals surface area contributed by atoms with Crippen molar-refractivity contribution in [2.75, 3.05) is 13.2 Å². The van der Waals surface area contributed by atoms with E-state index < -0.39 is 24.6 Å². The molecule has 0 unspecified atom stereocenters. The second-order valence-electron chi connectivity index (χ2n) is 6.66. The average Bonchev–Trinajstić information content (AvgIpc) is 2.56. The molecule has 1 saturated heterocycles. The molecule has 0 aromatic carbocycles. The highest BCUT2D eigenvalue weighted by Gasteiger charge is 2.36. The molecule has 5 heteroatoms. The predicted octanol–water partition coefficient (Wildman–Crippen LogP) is 2.75. The van der Waals surface area contributed by atoms with Crippen LogP contribution in [0.4, 0.5) is 0 Å². The molecule has 1 rings (SSSR count). The summed E-state index contributed by atoms with van der Waals surface area (Å²) in [6, 6.07) is 0. The second kappa shape index (κ2) is 13.1. The monoisotopic (exact) mass is 332 g/mol. The minimum atomic E-state index is -1.03. The molecule has 0 bridgehead atoms. The fourth-order valence-electron chi connectivity index (χ4n) is 2.96. The molecule has 0 radical (unpaired) electrons. The van der Waals surface area contributed by atoms with E-state index in [9.17, 15) is 10.2 Å². The largest absolute Gasteiger partial charge is 0.394 e. The third kappa shape index (κ3) is 9.01. The summed E-state index contributed by atoms with van der Waals surface area (Å²) >= 11 is 0. The van der Waals surface area contributed by atoms with Crippen molar-refractivity contribution in [2.24, 2.45) is 0 Å². The van der Waals surface area contributed by atoms with Crippen molar-refractivity contribution < 1.29 is 24.8 Å². The quantitative estimate of drug-likeness (QED) is 0.452. The Hall–Kier alpha value is -0.200. The fraction of sp³-hybridized carbons (Fsp3) is 1.00. The van der Waals surface area contributed by atoms with E-state index in [2.05, 4.69) is 6.92 Å². The van der Waals surface area contributed by atoms with Gasteiger partial charge in [-0.2, -0.15) is 0 Å². The Bertz CT molecular complexity index is 274. The standard InChI is InChI=1S/C18H36O5/c1-2-3-4-5-6-7-8-9-10-11-12-22-18-17(21)16(20)13-15(14-19)23-18/h15-21H,2-14H2,1H3/t15-,16-,17+,18+/m0/s1. The smallest absolute Gasteiger partial charge is 0.186 e. The van der Waals surface area contributed by atoms with Crippen LogP contribution in [-0.4, -0.2) is 53.1 Å². The molecule has 138 valence electrons. The van der Waals surface area contributed by atoms with Crippen LogP contribution in [0.1, 0.15) is 77.6 Å². The summed E-state index contributed by atoms with van der Waals surface area (Å²) < 4.78 is 11.0. The van der Waals surface area contributed by atoms with Gasteiger partial charge in [-0.25, -0.2) is 0 Å². The Morgan fingerprint density at radius 3 is 2.04 bits per heavy atom. The molecular weight excluding hydrogens is 296 g/mol. The fourth-order valence-corrected chi connectivity index (χ4v) is 2.96. The summed E-state index contributed by atoms with van der Waals surface area (Å²) in [5, 5.41) is 28.6. The van der Waals surface area contributed by atoms with Gasteiger partial charge in [-0.1, -0.05) is 64.7 Å². The number of hydrogen-bond donors (Lipinski definition) is 3. The third-order valence-electron chi connectivity index (χ3n) is 4.49. The molecule has 0 spiro atoms. The van der Waals surface area contributed by atoms with Gasteiger partial charge < -0.3 is 24.8 Å². The number of hydrogen-bond acceptors (Lipinski definition) is 5. The molecular formula is C18H36O5. The van der Waals surface area contributed by atoms with Crippen molar-refractivity contribution in [3.8, 4) is 0 Å². The Labute approximate surface area is 141 Å². The first-order chi connectivity index (χ1) is 11.2. The van der Waals surface area contributed by atoms with E-state index in [0.29, 0.717) is 6.61 Å². The number of aliphatic hydroxyl groups excluding tert-OH is 3. The van der Waals surface area contributed by atoms with E-state index in [0.717, 1.165) is 12.8 Å². The highest BCUT2D eigenvalue weighted by Crippen LogP contribution is 2.21. The van der Waals surface area contributed by atoms with Crippen LogP contribution in [0.15, 0.2) is 0 Å². The van der Waals surface area contributed by atoms with Crippen LogP contribution in [0.25, 0.3) is 0 Å². The maximum atomic E-state index is 9.83. The van der Waals surface area contributed by atoms with E-state index in [1.807, 2.05) is 0 Å². The molecule has 1 aliphatic rings. The number of rotatable bonds is 13. The zero-order valence-corrected chi connectivity index (χ0v) is 14.7. The molecule has 0 saturated carbocycles. The highest BCUT2D eigenvalue weighted by atomic mass is 16.7. The molecule has 0 aromatic heterocycles. The van der Waals surface area contributed by atoms with E-state index in [-0.39, 0.29) is 13.0 Å². The van der Waals surface area contributed by atoms with Crippen LogP contribution in [0.5, 0.6) is 0 Å². The molecule has 0 amide bonds. The number of aliphatic hydroxyl groups is 3. The Balaban J connectivity index is 1.95. The molecule has 4 atom stereocenters. The summed E-state index contributed by atoms with van der Waals surface area (Å²) in [5.41, 5.74) is 0. The third-order valence-corrected chi connectivity index (χ3v) is 4.49. The first kappa shape index (κ1) is 20.8. The zero-order valence-electron chi connectivity index (χ0n) is 14.7. The lowest BCUT2D eigenvalue weighted by Crippen LogP contribution is -2.50. The van der Waals surface area contributed by atoms with E-state index in [1.165, 1.54) is 51.4 Å². The summed E-state index contributed by atoms with van der Waals surface area (Å²) in [4.78, 5) is 0. The highest BCUT2D eigenvalue weighted by molar-refractivity contribution is 4.80. The van der Waals surface area contributed by atoms with Gasteiger partial charge in [-0.05, 0) is 6.42 Å². The summed E-state index contributed by atoms with van der Waals surface area (Å²) in [6.45, 7) is 2.59. The summed E-state index contributed by atoms with van der Waals surface area (Å²) in [5.74, 6) is 0. The molecule has 1 heterocycles. The van der Waals surface area contributed by atoms with Crippen molar-refractivity contribution in [3.05, 3.63) is 0 Å². The second-order valence-corrected chi connectivity index (χ2v) is 6.66. The van der Waals surface area contributed by atoms with Crippen LogP contribution in [0, 0.1) is 0 Å². The molecule has 0 aromatic rings. The van der Waals surface area contributed by atoms with Gasteiger partial charge >= 0.3 is 0 Å². The van der Waals surface area contributed by atoms with Crippen LogP contribution in [0.2, 0.25) is 0 Å². The first-order valence-electron chi connectivity index (χ1n) is 9.43. The van der Waals surface area contributed by atoms with Crippen molar-refractivity contribution in [1.82, 2.24) is 0 Å². The summed E-state index contributed by atoms with van der Waals surface area (Å²) in [7, 11) is 0. The van der Waals surface area contributed by atoms with Gasteiger partial charge in [0, 0.05) is 13.0 Å². The molecule has 23 heavy (non-hydrogen) atoms. The SMILES string of the molecule is CCCCCCCCCCCCO[C@@H]1O[C@H](CO)C[C@H](O)[C@H]1O. The molecule has 1 aliphatic heterocycles. The van der Waals surface area contributed by atoms with Crippen molar-refractivity contribution in [1.29, 1.82) is 0 Å². The zero-order chi connectivity index (χ0) is 16.9. The first-order valence-corrected chi connectivity index (χ1v) is 9.43. The molecule has 5 nitrogen and oxygen atoms in total. The van der Waals surface area contributed by atoms with E-state index >= 15 is 0 Å². The topological polar surface area (TPSA) is 79.2 Å². The van der Waals surface area contributed by atoms with Crippen molar-refractivity contribution >= 4 is 0 Å². The lowest BCUT2D eigenvalue weighted by atomic mass is 10.0. The Kier molecular flexibility index (Phi) is 11.9. The van der Waals surface area contributed by atoms with Gasteiger partial charge in [-0.15, -0.1) is 0 Å². The summed E-state index contributed by atoms with van der Waals surface area (Å²) in [6.07, 6.45) is 9.65. The minimum absolute atomic E-state index is 0.165. The van der Waals surface area contributed by atoms with E-state index in [1.54, 1.807) is 0 Å². The minimum Gasteiger partial charge on any atom is -0.394 e. The molecule has 1 fully saturated rings. The maximum Gasteiger partial charge on any atom is 0.186 e. The van der Waals surface area contributed by atoms with Crippen LogP contribution < -0.4 is 0 Å². The number of ether oxygens (including phenoxy) is 2. The van der Waals surface area contributed by atoms with Crippen molar-refractivity contribution in [2.45, 2.75) is 102 Å². The van der Waals surface area contributed by atoms with Crippen LogP contribution in [0.3, 0.4) is 0 Å². The van der Waals surface area contributed by atoms with Crippen LogP contribution in [-0.2, 0) is 9.47 Å². The normalized spacial score (nSPS) is 28.2. The molecule has 0 aliphatic carbocycles. The maximum absolute atomic E-state index is 9.83. The lowest BCUT2D eigenvalue weighted by molar-refractivity contribution is -0.271. The predicted molar refractivity (Wildman–Crippen MR) is 90.2 cm³/mol. The average molecular weight is 332 g/mol. The van der Waals surface area contributed by atoms with E-state index in [4.69, 9.17) is 14.6 Å². The van der Waals surface area contributed by atoms with Crippen molar-refractivity contribution in [3.63, 3.8) is 0 Å². The van der Waals surface area contributed by atoms with Gasteiger partial charge in [0.05, 0.1) is 18.8 Å². The van der Waals surface area contributed by atoms with Gasteiger partial charge in [-0.3, -0.25) is 0 Å². The van der Waals surface area contributed by atoms with Gasteiger partial charge in [0.2, 0.25) is 0 Å². The van der Waals surface area contributed by atoms with Gasteiger partial charge in [0.25, 0.3) is 0 Å². The van der Waals surface area contributed by atoms with Gasteiger partial charge in [0.1, 0.15) is 6.10 Å². The van der Waals surface area contributed by atoms with Gasteiger partial charge in [0.15, 0.2) is 6.29 Å².